The summed E-state index contributed by atoms with van der Waals surface area (Å²) in [6, 6.07) is 147. The molecule has 1 spiro atoms. The summed E-state index contributed by atoms with van der Waals surface area (Å²) in [5.41, 5.74) is 31.4. The Bertz CT molecular complexity index is 7960. The van der Waals surface area contributed by atoms with Gasteiger partial charge in [0, 0.05) is 65.8 Å². The van der Waals surface area contributed by atoms with Crippen molar-refractivity contribution in [3.05, 3.63) is 422 Å². The van der Waals surface area contributed by atoms with E-state index in [1.165, 1.54) is 245 Å². The molecule has 4 heteroatoms. The zero-order valence-electron chi connectivity index (χ0n) is 63.7. The molecule has 542 valence electrons. The van der Waals surface area contributed by atoms with Crippen molar-refractivity contribution in [3.63, 3.8) is 0 Å². The second kappa shape index (κ2) is 25.2. The lowest BCUT2D eigenvalue weighted by molar-refractivity contribution is 0.724. The Morgan fingerprint density at radius 3 is 1.04 bits per heavy atom. The molecule has 4 aromatic heterocycles. The monoisotopic (exact) mass is 1470 g/mol. The van der Waals surface area contributed by atoms with Gasteiger partial charge >= 0.3 is 0 Å². The van der Waals surface area contributed by atoms with Gasteiger partial charge in [0.2, 0.25) is 0 Å². The van der Waals surface area contributed by atoms with Gasteiger partial charge in [0.25, 0.3) is 0 Å². The predicted molar refractivity (Wildman–Crippen MR) is 489 cm³/mol. The fourth-order valence-electron chi connectivity index (χ4n) is 21.5. The number of hydrogen-bond acceptors (Lipinski definition) is 0. The van der Waals surface area contributed by atoms with Gasteiger partial charge in [-0.1, -0.05) is 286 Å². The zero-order valence-corrected chi connectivity index (χ0v) is 63.7. The smallest absolute Gasteiger partial charge is 0.0726 e. The Labute approximate surface area is 670 Å². The minimum atomic E-state index is -0.400. The lowest BCUT2D eigenvalue weighted by atomic mass is 9.70. The largest absolute Gasteiger partial charge is 0.309 e. The summed E-state index contributed by atoms with van der Waals surface area (Å²) in [5.74, 6) is 0.685. The van der Waals surface area contributed by atoms with Crippen molar-refractivity contribution in [2.24, 2.45) is 0 Å². The van der Waals surface area contributed by atoms with Crippen LogP contribution in [0.1, 0.15) is 59.4 Å². The second-order valence-electron chi connectivity index (χ2n) is 32.4. The van der Waals surface area contributed by atoms with Crippen LogP contribution in [0.2, 0.25) is 0 Å². The van der Waals surface area contributed by atoms with E-state index in [9.17, 15) is 0 Å². The van der Waals surface area contributed by atoms with Crippen LogP contribution in [0.4, 0.5) is 0 Å². The third kappa shape index (κ3) is 9.38. The van der Waals surface area contributed by atoms with Crippen LogP contribution in [0.25, 0.3) is 198 Å². The maximum absolute atomic E-state index is 2.51. The van der Waals surface area contributed by atoms with Crippen LogP contribution in [-0.4, -0.2) is 18.3 Å². The molecule has 0 bridgehead atoms. The van der Waals surface area contributed by atoms with Gasteiger partial charge in [0.1, 0.15) is 0 Å². The molecule has 1 saturated carbocycles. The molecule has 0 N–H and O–H groups in total. The number of rotatable bonds is 7. The zero-order chi connectivity index (χ0) is 75.8. The maximum atomic E-state index is 2.51. The van der Waals surface area contributed by atoms with Crippen LogP contribution in [0.5, 0.6) is 0 Å². The van der Waals surface area contributed by atoms with E-state index in [2.05, 4.69) is 413 Å². The molecule has 23 aromatic rings. The van der Waals surface area contributed by atoms with Gasteiger partial charge in [-0.25, -0.2) is 0 Å². The van der Waals surface area contributed by atoms with E-state index in [1.807, 2.05) is 0 Å². The Hall–Kier alpha value is -14.6. The highest BCUT2D eigenvalue weighted by Crippen LogP contribution is 2.63. The van der Waals surface area contributed by atoms with Gasteiger partial charge < -0.3 is 18.3 Å². The molecule has 4 heterocycles. The summed E-state index contributed by atoms with van der Waals surface area (Å²) in [6.07, 6.45) is 5.31. The van der Waals surface area contributed by atoms with Gasteiger partial charge in [-0.2, -0.15) is 0 Å². The molecule has 3 aliphatic carbocycles. The van der Waals surface area contributed by atoms with Crippen LogP contribution in [0.3, 0.4) is 0 Å². The van der Waals surface area contributed by atoms with Crippen molar-refractivity contribution in [2.75, 3.05) is 0 Å². The Morgan fingerprint density at radius 2 is 0.552 bits per heavy atom. The molecular formula is C112H74N4. The van der Waals surface area contributed by atoms with E-state index in [0.29, 0.717) is 5.92 Å². The predicted octanol–water partition coefficient (Wildman–Crippen LogP) is 29.7. The third-order valence-electron chi connectivity index (χ3n) is 26.5. The molecule has 0 aliphatic heterocycles. The Kier molecular flexibility index (Phi) is 14.1. The van der Waals surface area contributed by atoms with E-state index in [1.54, 1.807) is 0 Å². The molecule has 4 nitrogen and oxygen atoms in total. The second-order valence-corrected chi connectivity index (χ2v) is 32.4. The Balaban J connectivity index is 0.000000134. The molecule has 0 atom stereocenters. The highest BCUT2D eigenvalue weighted by Gasteiger charge is 2.51. The summed E-state index contributed by atoms with van der Waals surface area (Å²) in [7, 11) is 0. The molecule has 0 unspecified atom stereocenters. The first-order chi connectivity index (χ1) is 57.6. The normalized spacial score (nSPS) is 13.6. The van der Waals surface area contributed by atoms with Gasteiger partial charge in [-0.3, -0.25) is 0 Å². The standard InChI is InChI=1S/C63H38N2.C49H36N2/c1-7-22-54-45(15-1)46-16-2-8-23-55(46)63(54)56-24-9-3-17-47(56)48-34-33-43(38-57(48)63)65-60-27-12-6-20-51(60)62-53-37-40-14-13-21-44(52(40)36-41(53)30-35-61(62)65)39-28-31-42(32-29-39)64-58-25-10-4-18-49(58)50-19-5-11-26-59(50)64;1-2-14-37(15-3-1)50-46-20-9-7-17-42(46)49-44-30-35-13-10-18-39(43(35)29-36(44)24-28-47(49)50)33-21-25-38(26-22-33)51-45-19-8-6-16-40(45)41-27-23-34(31-48(41)51)32-11-4-5-12-32/h1-38H;1-3,6-10,13-32H,4-5,11-12H2. The number of aromatic nitrogens is 4. The summed E-state index contributed by atoms with van der Waals surface area (Å²) in [5, 5.41) is 20.4. The van der Waals surface area contributed by atoms with Crippen molar-refractivity contribution in [1.29, 1.82) is 0 Å². The van der Waals surface area contributed by atoms with Gasteiger partial charge in [-0.15, -0.1) is 0 Å². The average Bonchev–Trinajstić information content (AvgIpc) is 1.50. The van der Waals surface area contributed by atoms with Crippen LogP contribution >= 0.6 is 0 Å². The van der Waals surface area contributed by atoms with Crippen molar-refractivity contribution in [2.45, 2.75) is 37.0 Å². The van der Waals surface area contributed by atoms with Crippen LogP contribution in [0, 0.1) is 0 Å². The first-order valence-corrected chi connectivity index (χ1v) is 41.1. The maximum Gasteiger partial charge on any atom is 0.0726 e. The lowest BCUT2D eigenvalue weighted by Gasteiger charge is -2.30. The van der Waals surface area contributed by atoms with Crippen molar-refractivity contribution < 1.29 is 0 Å². The fraction of sp³-hybridized carbons (Fsp3) is 0.0536. The number of nitrogens with zero attached hydrogens (tertiary/aromatic N) is 4. The minimum absolute atomic E-state index is 0.400. The summed E-state index contributed by atoms with van der Waals surface area (Å²) >= 11 is 0. The van der Waals surface area contributed by atoms with Crippen LogP contribution in [-0.2, 0) is 5.41 Å². The molecular weight excluding hydrogens is 1400 g/mol. The fourth-order valence-corrected chi connectivity index (χ4v) is 21.5. The van der Waals surface area contributed by atoms with Crippen molar-refractivity contribution in [1.82, 2.24) is 18.3 Å². The molecule has 3 aliphatic rings. The molecule has 1 fully saturated rings. The highest BCUT2D eigenvalue weighted by atomic mass is 15.0. The lowest BCUT2D eigenvalue weighted by Crippen LogP contribution is -2.26. The van der Waals surface area contributed by atoms with Crippen LogP contribution in [0.15, 0.2) is 394 Å². The van der Waals surface area contributed by atoms with Gasteiger partial charge in [-0.05, 0) is 256 Å². The average molecular weight is 1480 g/mol. The number of benzene rings is 19. The minimum Gasteiger partial charge on any atom is -0.309 e. The van der Waals surface area contributed by atoms with E-state index in [-0.39, 0.29) is 0 Å². The van der Waals surface area contributed by atoms with Gasteiger partial charge in [0.15, 0.2) is 0 Å². The number of fused-ring (bicyclic) bond motifs is 28. The van der Waals surface area contributed by atoms with E-state index >= 15 is 0 Å². The third-order valence-corrected chi connectivity index (χ3v) is 26.5. The topological polar surface area (TPSA) is 19.7 Å². The molecule has 0 saturated heterocycles. The van der Waals surface area contributed by atoms with Crippen LogP contribution < -0.4 is 0 Å². The van der Waals surface area contributed by atoms with Crippen molar-refractivity contribution >= 4 is 130 Å². The number of hydrogen-bond donors (Lipinski definition) is 0. The highest BCUT2D eigenvalue weighted by molar-refractivity contribution is 6.26. The van der Waals surface area contributed by atoms with E-state index in [4.69, 9.17) is 0 Å². The van der Waals surface area contributed by atoms with Crippen molar-refractivity contribution in [3.8, 4) is 67.3 Å². The quantitative estimate of drug-likeness (QED) is 0.142. The first kappa shape index (κ1) is 65.0. The SMILES string of the molecule is c1ccc(-n2c3ccccc3c3c4cc5cccc(-c6ccc(-n7c8ccccc8c8ccc(C9CCCC9)cc87)cc6)c5cc4ccc32)cc1.c1ccc2c(c1)-c1ccccc1C21c2ccccc2-c2ccc(-n3c4ccccc4c4c5cc6cccc(-c7ccc(-n8c9ccccc9c9ccccc98)cc7)c6cc5ccc43)cc21. The molecule has 0 amide bonds. The summed E-state index contributed by atoms with van der Waals surface area (Å²) in [6.45, 7) is 0. The molecule has 26 rings (SSSR count). The number of para-hydroxylation sites is 6. The van der Waals surface area contributed by atoms with E-state index in [0.717, 1.165) is 5.69 Å². The Morgan fingerprint density at radius 1 is 0.198 bits per heavy atom. The molecule has 19 aromatic carbocycles. The summed E-state index contributed by atoms with van der Waals surface area (Å²) < 4.78 is 9.77. The summed E-state index contributed by atoms with van der Waals surface area (Å²) in [4.78, 5) is 0. The van der Waals surface area contributed by atoms with E-state index < -0.39 is 5.41 Å². The van der Waals surface area contributed by atoms with Gasteiger partial charge in [0.05, 0.1) is 49.5 Å². The molecule has 0 radical (unpaired) electrons. The first-order valence-electron chi connectivity index (χ1n) is 41.1. The molecule has 116 heavy (non-hydrogen) atoms.